The smallest absolute Gasteiger partial charge is 0.410 e. The van der Waals surface area contributed by atoms with Crippen molar-refractivity contribution in [2.75, 3.05) is 78.8 Å². The van der Waals surface area contributed by atoms with Crippen LogP contribution in [0.15, 0.2) is 0 Å². The number of cyclic esters (lactones) is 1. The molecular weight excluding hydrogens is 278 g/mol. The minimum atomic E-state index is -0.316. The van der Waals surface area contributed by atoms with Gasteiger partial charge in [0.05, 0.1) is 26.4 Å². The average Bonchev–Trinajstić information content (AvgIpc) is 2.88. The number of amides is 1. The number of aliphatic hydroxyl groups excluding tert-OH is 3. The zero-order valence-electron chi connectivity index (χ0n) is 12.5. The summed E-state index contributed by atoms with van der Waals surface area (Å²) in [6.45, 7) is 7.59. The Morgan fingerprint density at radius 3 is 1.62 bits per heavy atom. The number of aliphatic hydroxyl groups is 3. The van der Waals surface area contributed by atoms with E-state index in [0.717, 1.165) is 39.3 Å². The molecule has 1 amide bonds. The molecule has 0 spiro atoms. The molecule has 8 heteroatoms. The van der Waals surface area contributed by atoms with Gasteiger partial charge in [-0.25, -0.2) is 4.79 Å². The summed E-state index contributed by atoms with van der Waals surface area (Å²) >= 11 is 0. The van der Waals surface area contributed by atoms with E-state index < -0.39 is 0 Å². The van der Waals surface area contributed by atoms with Gasteiger partial charge in [0.2, 0.25) is 0 Å². The van der Waals surface area contributed by atoms with E-state index in [9.17, 15) is 4.79 Å². The summed E-state index contributed by atoms with van der Waals surface area (Å²) in [7, 11) is 0. The minimum absolute atomic E-state index is 0.00903. The average molecular weight is 305 g/mol. The number of hydrogen-bond acceptors (Lipinski definition) is 7. The molecule has 2 aliphatic heterocycles. The van der Waals surface area contributed by atoms with Crippen molar-refractivity contribution in [3.05, 3.63) is 0 Å². The van der Waals surface area contributed by atoms with Gasteiger partial charge in [-0.1, -0.05) is 0 Å². The molecule has 0 radical (unpaired) electrons. The maximum Gasteiger partial charge on any atom is 0.410 e. The van der Waals surface area contributed by atoms with E-state index in [4.69, 9.17) is 15.3 Å². The number of carbonyl (C=O) groups is 1. The highest BCUT2D eigenvalue weighted by Crippen LogP contribution is 2.01. The van der Waals surface area contributed by atoms with Gasteiger partial charge in [0.15, 0.2) is 0 Å². The van der Waals surface area contributed by atoms with Gasteiger partial charge in [-0.3, -0.25) is 9.80 Å². The van der Waals surface area contributed by atoms with Crippen LogP contribution in [0.4, 0.5) is 4.79 Å². The Hall–Kier alpha value is -0.930. The topological polar surface area (TPSA) is 96.7 Å². The first-order valence-corrected chi connectivity index (χ1v) is 7.40. The van der Waals surface area contributed by atoms with Gasteiger partial charge < -0.3 is 25.0 Å². The van der Waals surface area contributed by atoms with Crippen LogP contribution in [0.2, 0.25) is 0 Å². The van der Waals surface area contributed by atoms with Crippen molar-refractivity contribution in [2.24, 2.45) is 0 Å². The molecule has 2 fully saturated rings. The van der Waals surface area contributed by atoms with Crippen LogP contribution < -0.4 is 0 Å². The molecule has 3 N–H and O–H groups in total. The fraction of sp³-hybridized carbons (Fsp3) is 0.923. The molecule has 2 heterocycles. The number of rotatable bonds is 6. The molecule has 0 aliphatic carbocycles. The number of carbonyl (C=O) groups excluding carboxylic acids is 1. The van der Waals surface area contributed by atoms with Crippen molar-refractivity contribution in [1.82, 2.24) is 14.7 Å². The van der Waals surface area contributed by atoms with Crippen LogP contribution in [0, 0.1) is 0 Å². The number of piperazine rings is 1. The fourth-order valence-electron chi connectivity index (χ4n) is 2.27. The molecule has 0 saturated carbocycles. The lowest BCUT2D eigenvalue weighted by molar-refractivity contribution is 0.0984. The molecule has 8 nitrogen and oxygen atoms in total. The number of hydrogen-bond donors (Lipinski definition) is 3. The second-order valence-electron chi connectivity index (χ2n) is 4.96. The van der Waals surface area contributed by atoms with Crippen LogP contribution in [-0.2, 0) is 4.74 Å². The van der Waals surface area contributed by atoms with Crippen LogP contribution in [0.1, 0.15) is 0 Å². The van der Waals surface area contributed by atoms with E-state index in [0.29, 0.717) is 19.7 Å². The van der Waals surface area contributed by atoms with Crippen molar-refractivity contribution in [2.45, 2.75) is 0 Å². The van der Waals surface area contributed by atoms with Crippen molar-refractivity contribution in [3.63, 3.8) is 0 Å². The Labute approximate surface area is 125 Å². The molecule has 0 aromatic rings. The fourth-order valence-corrected chi connectivity index (χ4v) is 2.27. The first-order valence-electron chi connectivity index (χ1n) is 7.40. The lowest BCUT2D eigenvalue weighted by atomic mass is 10.3. The van der Waals surface area contributed by atoms with Crippen molar-refractivity contribution >= 4 is 6.09 Å². The van der Waals surface area contributed by atoms with E-state index >= 15 is 0 Å². The molecule has 2 saturated heterocycles. The highest BCUT2D eigenvalue weighted by molar-refractivity contribution is 5.69. The van der Waals surface area contributed by atoms with Crippen LogP contribution in [-0.4, -0.2) is 115 Å². The molecule has 0 atom stereocenters. The second-order valence-corrected chi connectivity index (χ2v) is 4.96. The monoisotopic (exact) mass is 305 g/mol. The van der Waals surface area contributed by atoms with Crippen molar-refractivity contribution in [1.29, 1.82) is 0 Å². The molecular formula is C13H27N3O5. The molecule has 0 bridgehead atoms. The maximum atomic E-state index is 10.6. The van der Waals surface area contributed by atoms with Gasteiger partial charge >= 0.3 is 6.09 Å². The Balaban J connectivity index is 0.000000219. The molecule has 0 unspecified atom stereocenters. The van der Waals surface area contributed by atoms with Gasteiger partial charge in [-0.2, -0.15) is 0 Å². The van der Waals surface area contributed by atoms with Crippen LogP contribution in [0.5, 0.6) is 0 Å². The standard InChI is InChI=1S/C8H18N2O2.C5H9NO3/c11-7-5-9-1-2-10(4-3-9)6-8-12;7-3-1-6-2-4-9-5(6)8/h11-12H,1-8H2;7H,1-4H2. The summed E-state index contributed by atoms with van der Waals surface area (Å²) in [5, 5.41) is 25.8. The predicted molar refractivity (Wildman–Crippen MR) is 77.1 cm³/mol. The Morgan fingerprint density at radius 1 is 0.810 bits per heavy atom. The van der Waals surface area contributed by atoms with E-state index in [2.05, 4.69) is 14.5 Å². The Bertz CT molecular complexity index is 271. The van der Waals surface area contributed by atoms with Crippen molar-refractivity contribution in [3.8, 4) is 0 Å². The van der Waals surface area contributed by atoms with Gasteiger partial charge in [0, 0.05) is 45.8 Å². The first-order chi connectivity index (χ1) is 10.2. The minimum Gasteiger partial charge on any atom is -0.448 e. The van der Waals surface area contributed by atoms with Gasteiger partial charge in [0.1, 0.15) is 6.61 Å². The third kappa shape index (κ3) is 7.05. The molecule has 124 valence electrons. The highest BCUT2D eigenvalue weighted by Gasteiger charge is 2.20. The zero-order valence-corrected chi connectivity index (χ0v) is 12.5. The lowest BCUT2D eigenvalue weighted by Crippen LogP contribution is -2.47. The van der Waals surface area contributed by atoms with Crippen LogP contribution in [0.25, 0.3) is 0 Å². The van der Waals surface area contributed by atoms with Crippen molar-refractivity contribution < 1.29 is 24.9 Å². The summed E-state index contributed by atoms with van der Waals surface area (Å²) in [4.78, 5) is 16.5. The normalized spacial score (nSPS) is 20.1. The quantitative estimate of drug-likeness (QED) is 0.523. The maximum absolute atomic E-state index is 10.6. The second kappa shape index (κ2) is 10.7. The van der Waals surface area contributed by atoms with E-state index in [1.54, 1.807) is 0 Å². The molecule has 0 aromatic carbocycles. The third-order valence-electron chi connectivity index (χ3n) is 3.51. The molecule has 2 aliphatic rings. The van der Waals surface area contributed by atoms with E-state index in [-0.39, 0.29) is 25.9 Å². The predicted octanol–water partition coefficient (Wildman–Crippen LogP) is -1.98. The summed E-state index contributed by atoms with van der Waals surface area (Å²) < 4.78 is 4.59. The van der Waals surface area contributed by atoms with Crippen LogP contribution >= 0.6 is 0 Å². The number of β-amino-alcohol motifs (C(OH)–C–C–N with tert-alkyl or cyclic N) is 3. The number of nitrogens with zero attached hydrogens (tertiary/aromatic N) is 3. The Morgan fingerprint density at radius 2 is 1.29 bits per heavy atom. The zero-order chi connectivity index (χ0) is 15.5. The van der Waals surface area contributed by atoms with E-state index in [1.807, 2.05) is 0 Å². The molecule has 21 heavy (non-hydrogen) atoms. The third-order valence-corrected chi connectivity index (χ3v) is 3.51. The van der Waals surface area contributed by atoms with Gasteiger partial charge in [-0.05, 0) is 0 Å². The highest BCUT2D eigenvalue weighted by atomic mass is 16.6. The summed E-state index contributed by atoms with van der Waals surface area (Å²) in [5.74, 6) is 0. The molecule has 2 rings (SSSR count). The SMILES string of the molecule is O=C1OCCN1CCO.OCCN1CCN(CCO)CC1. The van der Waals surface area contributed by atoms with Gasteiger partial charge in [0.25, 0.3) is 0 Å². The van der Waals surface area contributed by atoms with Gasteiger partial charge in [-0.15, -0.1) is 0 Å². The summed E-state index contributed by atoms with van der Waals surface area (Å²) in [6.07, 6.45) is -0.316. The Kier molecular flexibility index (Phi) is 9.27. The van der Waals surface area contributed by atoms with E-state index in [1.165, 1.54) is 4.90 Å². The lowest BCUT2D eigenvalue weighted by Gasteiger charge is -2.33. The summed E-state index contributed by atoms with van der Waals surface area (Å²) in [6, 6.07) is 0. The summed E-state index contributed by atoms with van der Waals surface area (Å²) in [5.41, 5.74) is 0. The first kappa shape index (κ1) is 18.1. The molecule has 0 aromatic heterocycles. The largest absolute Gasteiger partial charge is 0.448 e. The number of ether oxygens (including phenoxy) is 1. The van der Waals surface area contributed by atoms with Crippen LogP contribution in [0.3, 0.4) is 0 Å².